The lowest BCUT2D eigenvalue weighted by Crippen LogP contribution is -1.63. The standard InChI is InChI=1S/C8H8.C3H6O.C2H6O/c1-2-8-6-4-3-5-7-8;1-3-2-4-3;1-3-2/h2-7H,1H2;3H,2H2,1H3;1-2H3. The highest BCUT2D eigenvalue weighted by Crippen LogP contribution is 2.04. The fraction of sp³-hybridized carbons (Fsp3) is 0.385. The molecular weight excluding hydrogens is 188 g/mol. The van der Waals surface area contributed by atoms with Crippen LogP contribution >= 0.6 is 0 Å². The van der Waals surface area contributed by atoms with Crippen LogP contribution in [0.15, 0.2) is 36.9 Å². The van der Waals surface area contributed by atoms with Crippen LogP contribution in [0.5, 0.6) is 0 Å². The van der Waals surface area contributed by atoms with Crippen LogP contribution in [0.3, 0.4) is 0 Å². The molecule has 0 aromatic heterocycles. The molecule has 0 aliphatic carbocycles. The lowest BCUT2D eigenvalue weighted by atomic mass is 10.2. The third kappa shape index (κ3) is 10.8. The monoisotopic (exact) mass is 208 g/mol. The quantitative estimate of drug-likeness (QED) is 0.662. The fourth-order valence-electron chi connectivity index (χ4n) is 0.685. The van der Waals surface area contributed by atoms with Crippen molar-refractivity contribution < 1.29 is 9.47 Å². The number of epoxide rings is 1. The van der Waals surface area contributed by atoms with Crippen LogP contribution < -0.4 is 0 Å². The van der Waals surface area contributed by atoms with E-state index < -0.39 is 0 Å². The van der Waals surface area contributed by atoms with Crippen molar-refractivity contribution in [2.24, 2.45) is 0 Å². The van der Waals surface area contributed by atoms with Gasteiger partial charge in [-0.1, -0.05) is 43.0 Å². The first-order valence-electron chi connectivity index (χ1n) is 4.93. The van der Waals surface area contributed by atoms with Crippen molar-refractivity contribution in [2.75, 3.05) is 20.8 Å². The van der Waals surface area contributed by atoms with Crippen LogP contribution in [-0.2, 0) is 9.47 Å². The molecule has 1 aliphatic heterocycles. The van der Waals surface area contributed by atoms with Gasteiger partial charge < -0.3 is 9.47 Å². The molecule has 0 amide bonds. The zero-order chi connectivity index (χ0) is 11.5. The third-order valence-corrected chi connectivity index (χ3v) is 1.54. The first kappa shape index (κ1) is 13.9. The average molecular weight is 208 g/mol. The predicted octanol–water partition coefficient (Wildman–Crippen LogP) is 3.00. The van der Waals surface area contributed by atoms with E-state index in [1.807, 2.05) is 36.4 Å². The number of methoxy groups -OCH3 is 1. The average Bonchev–Trinajstić information content (AvgIpc) is 3.04. The largest absolute Gasteiger partial charge is 0.388 e. The molecule has 2 rings (SSSR count). The van der Waals surface area contributed by atoms with Crippen molar-refractivity contribution in [3.05, 3.63) is 42.5 Å². The Bertz CT molecular complexity index is 240. The molecule has 15 heavy (non-hydrogen) atoms. The highest BCUT2D eigenvalue weighted by atomic mass is 16.6. The number of hydrogen-bond acceptors (Lipinski definition) is 2. The van der Waals surface area contributed by atoms with E-state index in [-0.39, 0.29) is 0 Å². The molecule has 0 spiro atoms. The van der Waals surface area contributed by atoms with E-state index in [0.29, 0.717) is 6.10 Å². The van der Waals surface area contributed by atoms with Gasteiger partial charge in [-0.25, -0.2) is 0 Å². The van der Waals surface area contributed by atoms with E-state index in [9.17, 15) is 0 Å². The highest BCUT2D eigenvalue weighted by Gasteiger charge is 2.13. The summed E-state index contributed by atoms with van der Waals surface area (Å²) < 4.78 is 8.96. The molecule has 1 heterocycles. The maximum absolute atomic E-state index is 4.71. The molecule has 1 aromatic carbocycles. The molecule has 1 fully saturated rings. The Morgan fingerprint density at radius 2 is 1.73 bits per heavy atom. The molecule has 0 radical (unpaired) electrons. The number of ether oxygens (including phenoxy) is 2. The van der Waals surface area contributed by atoms with Gasteiger partial charge in [-0.15, -0.1) is 0 Å². The predicted molar refractivity (Wildman–Crippen MR) is 64.9 cm³/mol. The third-order valence-electron chi connectivity index (χ3n) is 1.54. The van der Waals surface area contributed by atoms with Crippen LogP contribution in [0.2, 0.25) is 0 Å². The van der Waals surface area contributed by atoms with Gasteiger partial charge in [-0.3, -0.25) is 0 Å². The topological polar surface area (TPSA) is 21.8 Å². The second kappa shape index (κ2) is 9.44. The Hall–Kier alpha value is -1.12. The minimum Gasteiger partial charge on any atom is -0.388 e. The van der Waals surface area contributed by atoms with E-state index in [0.717, 1.165) is 6.61 Å². The van der Waals surface area contributed by atoms with Crippen molar-refractivity contribution in [1.82, 2.24) is 0 Å². The van der Waals surface area contributed by atoms with Gasteiger partial charge in [-0.05, 0) is 12.5 Å². The lowest BCUT2D eigenvalue weighted by molar-refractivity contribution is 0.277. The Morgan fingerprint density at radius 3 is 1.93 bits per heavy atom. The van der Waals surface area contributed by atoms with Crippen molar-refractivity contribution in [2.45, 2.75) is 13.0 Å². The molecule has 2 heteroatoms. The van der Waals surface area contributed by atoms with Crippen LogP contribution in [0.4, 0.5) is 0 Å². The number of benzene rings is 1. The lowest BCUT2D eigenvalue weighted by Gasteiger charge is -1.85. The Morgan fingerprint density at radius 1 is 1.33 bits per heavy atom. The summed E-state index contributed by atoms with van der Waals surface area (Å²) >= 11 is 0. The summed E-state index contributed by atoms with van der Waals surface area (Å²) in [5.41, 5.74) is 1.17. The maximum Gasteiger partial charge on any atom is 0.0781 e. The summed E-state index contributed by atoms with van der Waals surface area (Å²) in [6.45, 7) is 6.67. The van der Waals surface area contributed by atoms with Crippen molar-refractivity contribution in [3.63, 3.8) is 0 Å². The summed E-state index contributed by atoms with van der Waals surface area (Å²) in [4.78, 5) is 0. The normalized spacial score (nSPS) is 16.3. The molecule has 0 saturated carbocycles. The van der Waals surface area contributed by atoms with Gasteiger partial charge in [0.25, 0.3) is 0 Å². The SMILES string of the molecule is C=Cc1ccccc1.CC1CO1.COC. The molecule has 84 valence electrons. The summed E-state index contributed by atoms with van der Waals surface area (Å²) in [5.74, 6) is 0. The van der Waals surface area contributed by atoms with Gasteiger partial charge >= 0.3 is 0 Å². The van der Waals surface area contributed by atoms with E-state index in [4.69, 9.17) is 4.74 Å². The van der Waals surface area contributed by atoms with E-state index in [1.165, 1.54) is 5.56 Å². The summed E-state index contributed by atoms with van der Waals surface area (Å²) in [6, 6.07) is 10.0. The van der Waals surface area contributed by atoms with Crippen LogP contribution in [-0.4, -0.2) is 26.9 Å². The molecule has 1 saturated heterocycles. The van der Waals surface area contributed by atoms with E-state index in [1.54, 1.807) is 14.2 Å². The molecule has 1 atom stereocenters. The highest BCUT2D eigenvalue weighted by molar-refractivity contribution is 5.45. The van der Waals surface area contributed by atoms with E-state index in [2.05, 4.69) is 18.2 Å². The summed E-state index contributed by atoms with van der Waals surface area (Å²) in [6.07, 6.45) is 2.42. The van der Waals surface area contributed by atoms with Crippen LogP contribution in [0, 0.1) is 0 Å². The number of rotatable bonds is 1. The molecule has 2 nitrogen and oxygen atoms in total. The maximum atomic E-state index is 4.71. The molecule has 0 bridgehead atoms. The molecular formula is C13H20O2. The Labute approximate surface area is 92.5 Å². The molecule has 1 unspecified atom stereocenters. The first-order valence-corrected chi connectivity index (χ1v) is 4.93. The molecule has 1 aromatic rings. The number of hydrogen-bond donors (Lipinski definition) is 0. The van der Waals surface area contributed by atoms with Crippen molar-refractivity contribution in [1.29, 1.82) is 0 Å². The van der Waals surface area contributed by atoms with Gasteiger partial charge in [0.1, 0.15) is 0 Å². The van der Waals surface area contributed by atoms with Gasteiger partial charge in [0.2, 0.25) is 0 Å². The summed E-state index contributed by atoms with van der Waals surface area (Å²) in [5, 5.41) is 0. The van der Waals surface area contributed by atoms with Gasteiger partial charge in [0, 0.05) is 14.2 Å². The van der Waals surface area contributed by atoms with Crippen LogP contribution in [0.25, 0.3) is 6.08 Å². The van der Waals surface area contributed by atoms with Gasteiger partial charge in [-0.2, -0.15) is 0 Å². The van der Waals surface area contributed by atoms with Crippen molar-refractivity contribution >= 4 is 6.08 Å². The molecule has 1 aliphatic rings. The Balaban J connectivity index is 0.000000234. The summed E-state index contributed by atoms with van der Waals surface area (Å²) in [7, 11) is 3.25. The fourth-order valence-corrected chi connectivity index (χ4v) is 0.685. The molecule has 0 N–H and O–H groups in total. The van der Waals surface area contributed by atoms with E-state index >= 15 is 0 Å². The minimum absolute atomic E-state index is 0.583. The van der Waals surface area contributed by atoms with Crippen LogP contribution in [0.1, 0.15) is 12.5 Å². The second-order valence-electron chi connectivity index (χ2n) is 3.17. The first-order chi connectivity index (χ1) is 7.24. The zero-order valence-electron chi connectivity index (χ0n) is 9.77. The van der Waals surface area contributed by atoms with Crippen molar-refractivity contribution in [3.8, 4) is 0 Å². The van der Waals surface area contributed by atoms with Gasteiger partial charge in [0.15, 0.2) is 0 Å². The van der Waals surface area contributed by atoms with Gasteiger partial charge in [0.05, 0.1) is 12.7 Å². The zero-order valence-corrected chi connectivity index (χ0v) is 9.77. The smallest absolute Gasteiger partial charge is 0.0781 e. The Kier molecular flexibility index (Phi) is 8.73. The minimum atomic E-state index is 0.583. The second-order valence-corrected chi connectivity index (χ2v) is 3.17.